The first-order valence-corrected chi connectivity index (χ1v) is 11.9. The summed E-state index contributed by atoms with van der Waals surface area (Å²) >= 11 is 0. The average Bonchev–Trinajstić information content (AvgIpc) is 3.04. The fourth-order valence-electron chi connectivity index (χ4n) is 10.1. The minimum Gasteiger partial charge on any atom is -0.469 e. The number of ether oxygens (including phenoxy) is 2. The maximum absolute atomic E-state index is 12.4. The lowest BCUT2D eigenvalue weighted by Crippen LogP contribution is -2.69. The molecule has 6 rings (SSSR count). The maximum atomic E-state index is 12.4. The van der Waals surface area contributed by atoms with Gasteiger partial charge in [0.25, 0.3) is 0 Å². The molecule has 3 nitrogen and oxygen atoms in total. The summed E-state index contributed by atoms with van der Waals surface area (Å²) in [5.74, 6) is 3.00. The Balaban J connectivity index is 1.51. The second-order valence-corrected chi connectivity index (χ2v) is 11.8. The molecule has 28 heavy (non-hydrogen) atoms. The van der Waals surface area contributed by atoms with Gasteiger partial charge in [0.05, 0.1) is 18.6 Å². The number of esters is 1. The van der Waals surface area contributed by atoms with Gasteiger partial charge in [0, 0.05) is 7.11 Å². The molecule has 1 spiro atoms. The lowest BCUT2D eigenvalue weighted by Gasteiger charge is -2.74. The van der Waals surface area contributed by atoms with E-state index in [0.29, 0.717) is 22.2 Å². The first kappa shape index (κ1) is 19.4. The van der Waals surface area contributed by atoms with Crippen molar-refractivity contribution in [1.82, 2.24) is 0 Å². The summed E-state index contributed by atoms with van der Waals surface area (Å²) in [5.41, 5.74) is 1.47. The largest absolute Gasteiger partial charge is 0.469 e. The van der Waals surface area contributed by atoms with Gasteiger partial charge in [0.15, 0.2) is 0 Å². The molecule has 3 heteroatoms. The van der Waals surface area contributed by atoms with E-state index in [4.69, 9.17) is 9.47 Å². The van der Waals surface area contributed by atoms with Gasteiger partial charge < -0.3 is 9.47 Å². The molecule has 6 aliphatic rings. The van der Waals surface area contributed by atoms with Crippen molar-refractivity contribution >= 4 is 5.97 Å². The molecular formula is C25H40O3. The predicted molar refractivity (Wildman–Crippen MR) is 110 cm³/mol. The topological polar surface area (TPSA) is 35.5 Å². The highest BCUT2D eigenvalue weighted by molar-refractivity contribution is 5.72. The van der Waals surface area contributed by atoms with Crippen molar-refractivity contribution in [3.63, 3.8) is 0 Å². The highest BCUT2D eigenvalue weighted by Crippen LogP contribution is 2.78. The number of carbonyl (C=O) groups is 1. The zero-order valence-electron chi connectivity index (χ0n) is 18.7. The van der Waals surface area contributed by atoms with Crippen molar-refractivity contribution in [2.45, 2.75) is 90.6 Å². The lowest BCUT2D eigenvalue weighted by atomic mass is 9.31. The van der Waals surface area contributed by atoms with Gasteiger partial charge in [0.1, 0.15) is 0 Å². The molecular weight excluding hydrogens is 348 g/mol. The van der Waals surface area contributed by atoms with E-state index in [2.05, 4.69) is 20.8 Å². The Bertz CT molecular complexity index is 675. The van der Waals surface area contributed by atoms with Gasteiger partial charge in [-0.1, -0.05) is 20.8 Å². The summed E-state index contributed by atoms with van der Waals surface area (Å²) in [5, 5.41) is 0. The Hall–Kier alpha value is -0.570. The Labute approximate surface area is 171 Å². The van der Waals surface area contributed by atoms with Crippen LogP contribution in [0.25, 0.3) is 0 Å². The molecule has 0 aromatic carbocycles. The number of methoxy groups -OCH3 is 2. The molecule has 158 valence electrons. The predicted octanol–water partition coefficient (Wildman–Crippen LogP) is 5.61. The summed E-state index contributed by atoms with van der Waals surface area (Å²) in [7, 11) is 3.53. The summed E-state index contributed by atoms with van der Waals surface area (Å²) < 4.78 is 11.4. The van der Waals surface area contributed by atoms with Crippen LogP contribution >= 0.6 is 0 Å². The monoisotopic (exact) mass is 388 g/mol. The van der Waals surface area contributed by atoms with E-state index in [9.17, 15) is 4.79 Å². The minimum atomic E-state index is -0.00195. The SMILES string of the molecule is COC(=O)[C@@H](C)C1CCC2C3CC[C@@H]4C[C@]5(OC)CC[C@]4(C)[C@]3(CC[C@@]21C)C5. The van der Waals surface area contributed by atoms with Gasteiger partial charge in [-0.3, -0.25) is 4.79 Å². The van der Waals surface area contributed by atoms with E-state index in [1.807, 2.05) is 7.11 Å². The third-order valence-electron chi connectivity index (χ3n) is 11.6. The van der Waals surface area contributed by atoms with Crippen molar-refractivity contribution in [2.75, 3.05) is 14.2 Å². The van der Waals surface area contributed by atoms with E-state index in [1.165, 1.54) is 64.2 Å². The van der Waals surface area contributed by atoms with Crippen LogP contribution in [-0.2, 0) is 14.3 Å². The molecule has 4 bridgehead atoms. The molecule has 0 heterocycles. The standard InChI is InChI=1S/C25H40O3/c1-16(21(26)27-4)18-8-9-19-20-7-6-17-14-24(28-5)12-11-23(17,3)25(20,15-24)13-10-22(18,19)2/h16-20H,6-15H2,1-5H3/t16-,17+,18?,19?,20?,22+,23-,24+,25+/m0/s1. The molecule has 0 N–H and O–H groups in total. The van der Waals surface area contributed by atoms with Crippen LogP contribution in [0, 0.1) is 45.8 Å². The summed E-state index contributed by atoms with van der Waals surface area (Å²) in [6.45, 7) is 7.31. The van der Waals surface area contributed by atoms with Gasteiger partial charge >= 0.3 is 5.97 Å². The van der Waals surface area contributed by atoms with Crippen LogP contribution in [0.3, 0.4) is 0 Å². The van der Waals surface area contributed by atoms with Crippen molar-refractivity contribution in [2.24, 2.45) is 45.8 Å². The Morgan fingerprint density at radius 3 is 2.43 bits per heavy atom. The number of hydrogen-bond donors (Lipinski definition) is 0. The fourth-order valence-corrected chi connectivity index (χ4v) is 10.1. The van der Waals surface area contributed by atoms with Crippen molar-refractivity contribution in [3.05, 3.63) is 0 Å². The minimum absolute atomic E-state index is 0.00195. The van der Waals surface area contributed by atoms with E-state index < -0.39 is 0 Å². The van der Waals surface area contributed by atoms with E-state index >= 15 is 0 Å². The van der Waals surface area contributed by atoms with Crippen LogP contribution in [0.15, 0.2) is 0 Å². The normalized spacial score (nSPS) is 55.3. The molecule has 0 aromatic rings. The quantitative estimate of drug-likeness (QED) is 0.589. The smallest absolute Gasteiger partial charge is 0.308 e. The van der Waals surface area contributed by atoms with Crippen LogP contribution in [0.1, 0.15) is 85.0 Å². The summed E-state index contributed by atoms with van der Waals surface area (Å²) in [6, 6.07) is 0. The van der Waals surface area contributed by atoms with E-state index in [-0.39, 0.29) is 17.5 Å². The molecule has 0 radical (unpaired) electrons. The fraction of sp³-hybridized carbons (Fsp3) is 0.960. The third-order valence-corrected chi connectivity index (χ3v) is 11.6. The van der Waals surface area contributed by atoms with Crippen LogP contribution in [0.4, 0.5) is 0 Å². The van der Waals surface area contributed by atoms with Gasteiger partial charge in [-0.05, 0) is 104 Å². The summed E-state index contributed by atoms with van der Waals surface area (Å²) in [6.07, 6.45) is 13.2. The Kier molecular flexibility index (Phi) is 4.15. The molecule has 0 aromatic heterocycles. The lowest BCUT2D eigenvalue weighted by molar-refractivity contribution is -0.281. The van der Waals surface area contributed by atoms with Crippen LogP contribution in [0.5, 0.6) is 0 Å². The zero-order valence-corrected chi connectivity index (χ0v) is 18.7. The second kappa shape index (κ2) is 5.99. The molecule has 0 saturated heterocycles. The van der Waals surface area contributed by atoms with Crippen LogP contribution in [-0.4, -0.2) is 25.8 Å². The van der Waals surface area contributed by atoms with Gasteiger partial charge in [-0.25, -0.2) is 0 Å². The first-order valence-electron chi connectivity index (χ1n) is 11.9. The molecule has 0 aliphatic heterocycles. The Morgan fingerprint density at radius 2 is 1.71 bits per heavy atom. The number of hydrogen-bond acceptors (Lipinski definition) is 3. The van der Waals surface area contributed by atoms with Crippen molar-refractivity contribution < 1.29 is 14.3 Å². The maximum Gasteiger partial charge on any atom is 0.308 e. The van der Waals surface area contributed by atoms with Crippen LogP contribution in [0.2, 0.25) is 0 Å². The number of rotatable bonds is 3. The molecule has 3 unspecified atom stereocenters. The third kappa shape index (κ3) is 2.13. The number of carbonyl (C=O) groups excluding carboxylic acids is 1. The van der Waals surface area contributed by atoms with Crippen LogP contribution < -0.4 is 0 Å². The van der Waals surface area contributed by atoms with Gasteiger partial charge in [0.2, 0.25) is 0 Å². The number of fused-ring (bicyclic) bond motifs is 3. The molecule has 6 fully saturated rings. The highest BCUT2D eigenvalue weighted by atomic mass is 16.5. The molecule has 0 amide bonds. The first-order chi connectivity index (χ1) is 13.3. The average molecular weight is 389 g/mol. The zero-order chi connectivity index (χ0) is 19.9. The highest BCUT2D eigenvalue weighted by Gasteiger charge is 2.72. The Morgan fingerprint density at radius 1 is 0.964 bits per heavy atom. The van der Waals surface area contributed by atoms with E-state index in [1.54, 1.807) is 7.11 Å². The van der Waals surface area contributed by atoms with Crippen molar-refractivity contribution in [1.29, 1.82) is 0 Å². The van der Waals surface area contributed by atoms with Crippen molar-refractivity contribution in [3.8, 4) is 0 Å². The van der Waals surface area contributed by atoms with Gasteiger partial charge in [-0.15, -0.1) is 0 Å². The second-order valence-electron chi connectivity index (χ2n) is 11.8. The molecule has 9 atom stereocenters. The van der Waals surface area contributed by atoms with Gasteiger partial charge in [-0.2, -0.15) is 0 Å². The van der Waals surface area contributed by atoms with E-state index in [0.717, 1.165) is 17.8 Å². The molecule has 6 aliphatic carbocycles. The summed E-state index contributed by atoms with van der Waals surface area (Å²) in [4.78, 5) is 12.4. The molecule has 6 saturated carbocycles.